The van der Waals surface area contributed by atoms with Crippen LogP contribution in [0.25, 0.3) is 0 Å². The molecule has 0 radical (unpaired) electrons. The van der Waals surface area contributed by atoms with Crippen molar-refractivity contribution in [2.75, 3.05) is 13.2 Å². The molecule has 2 amide bonds. The first-order chi connectivity index (χ1) is 23.3. The second-order valence-electron chi connectivity index (χ2n) is 12.6. The molecule has 9 nitrogen and oxygen atoms in total. The maximum absolute atomic E-state index is 12.6. The van der Waals surface area contributed by atoms with Gasteiger partial charge in [-0.1, -0.05) is 115 Å². The number of aliphatic carboxylic acids is 1. The second-order valence-corrected chi connectivity index (χ2v) is 12.6. The molecule has 0 aliphatic carbocycles. The monoisotopic (exact) mass is 677 g/mol. The van der Waals surface area contributed by atoms with E-state index in [1.54, 1.807) is 0 Å². The van der Waals surface area contributed by atoms with Crippen LogP contribution in [0.5, 0.6) is 0 Å². The number of carboxylic acids is 1. The van der Waals surface area contributed by atoms with Crippen LogP contribution in [-0.4, -0.2) is 59.3 Å². The number of hydrogen-bond donors (Lipinski definition) is 4. The van der Waals surface area contributed by atoms with Crippen LogP contribution in [-0.2, 0) is 23.9 Å². The van der Waals surface area contributed by atoms with E-state index in [2.05, 4.69) is 60.9 Å². The van der Waals surface area contributed by atoms with E-state index in [9.17, 15) is 19.2 Å². The lowest BCUT2D eigenvalue weighted by Crippen LogP contribution is -2.47. The number of esters is 1. The number of allylic oxidation sites excluding steroid dienone is 6. The van der Waals surface area contributed by atoms with Crippen molar-refractivity contribution in [2.45, 2.75) is 174 Å². The zero-order valence-electron chi connectivity index (χ0n) is 30.2. The summed E-state index contributed by atoms with van der Waals surface area (Å²) in [7, 11) is 0. The number of unbranched alkanes of at least 4 members (excludes halogenated alkanes) is 13. The topological polar surface area (TPSA) is 142 Å². The number of hydrogen-bond acceptors (Lipinski definition) is 6. The molecule has 0 rings (SSSR count). The van der Waals surface area contributed by atoms with E-state index in [-0.39, 0.29) is 30.9 Å². The Labute approximate surface area is 291 Å². The van der Waals surface area contributed by atoms with Gasteiger partial charge in [-0.25, -0.2) is 4.79 Å². The largest absolute Gasteiger partial charge is 0.480 e. The van der Waals surface area contributed by atoms with Gasteiger partial charge in [0, 0.05) is 12.8 Å². The lowest BCUT2D eigenvalue weighted by molar-refractivity contribution is -0.150. The average molecular weight is 677 g/mol. The van der Waals surface area contributed by atoms with Crippen molar-refractivity contribution in [2.24, 2.45) is 0 Å². The zero-order chi connectivity index (χ0) is 35.5. The summed E-state index contributed by atoms with van der Waals surface area (Å²) in [4.78, 5) is 47.3. The highest BCUT2D eigenvalue weighted by atomic mass is 16.5. The summed E-state index contributed by atoms with van der Waals surface area (Å²) in [5, 5.41) is 22.5. The first kappa shape index (κ1) is 45.1. The maximum Gasteiger partial charge on any atom is 0.328 e. The highest BCUT2D eigenvalue weighted by molar-refractivity contribution is 5.87. The molecular weight excluding hydrogens is 608 g/mol. The molecule has 0 spiro atoms. The van der Waals surface area contributed by atoms with Crippen LogP contribution in [0.4, 0.5) is 0 Å². The predicted octanol–water partition coefficient (Wildman–Crippen LogP) is 8.26. The summed E-state index contributed by atoms with van der Waals surface area (Å²) in [6, 6.07) is -1.39. The molecule has 48 heavy (non-hydrogen) atoms. The average Bonchev–Trinajstić information content (AvgIpc) is 3.07. The number of amides is 2. The lowest BCUT2D eigenvalue weighted by atomic mass is 10.0. The molecule has 2 unspecified atom stereocenters. The third-order valence-electron chi connectivity index (χ3n) is 8.15. The molecule has 4 N–H and O–H groups in total. The van der Waals surface area contributed by atoms with Crippen LogP contribution in [0.3, 0.4) is 0 Å². The second kappa shape index (κ2) is 33.9. The zero-order valence-corrected chi connectivity index (χ0v) is 30.2. The Kier molecular flexibility index (Phi) is 31.9. The smallest absolute Gasteiger partial charge is 0.328 e. The molecule has 0 aromatic rings. The minimum absolute atomic E-state index is 0.0477. The highest BCUT2D eigenvalue weighted by Gasteiger charge is 2.19. The van der Waals surface area contributed by atoms with Gasteiger partial charge in [0.15, 0.2) is 0 Å². The van der Waals surface area contributed by atoms with Crippen LogP contribution in [0, 0.1) is 0 Å². The molecule has 0 aliphatic heterocycles. The Morgan fingerprint density at radius 1 is 0.646 bits per heavy atom. The molecule has 0 saturated heterocycles. The van der Waals surface area contributed by atoms with Crippen molar-refractivity contribution in [3.8, 4) is 0 Å². The lowest BCUT2D eigenvalue weighted by Gasteiger charge is -2.18. The van der Waals surface area contributed by atoms with Crippen LogP contribution >= 0.6 is 0 Å². The molecule has 0 heterocycles. The number of ether oxygens (including phenoxy) is 1. The van der Waals surface area contributed by atoms with E-state index in [1.807, 2.05) is 0 Å². The molecule has 0 bridgehead atoms. The van der Waals surface area contributed by atoms with E-state index < -0.39 is 24.5 Å². The van der Waals surface area contributed by atoms with Gasteiger partial charge in [0.2, 0.25) is 11.8 Å². The molecular formula is C39H68N2O7. The number of aliphatic hydroxyl groups is 1. The standard InChI is InChI=1S/C39H68N2O7/c1-3-5-7-9-11-12-13-14-15-16-17-18-19-21-27-31-38(45)48-34(28-24-20-10-8-6-4-2)29-25-22-23-26-30-36(43)40-32-37(44)41-35(33-42)39(46)47/h5,7,11-12,14-15,34-35,42H,3-4,6,8-10,13,16-33H2,1-2H3,(H,40,43)(H,41,44)(H,46,47)/b7-5-,12-11-,15-14-. The molecule has 2 atom stereocenters. The minimum atomic E-state index is -1.39. The Morgan fingerprint density at radius 3 is 1.79 bits per heavy atom. The molecule has 0 saturated carbocycles. The van der Waals surface area contributed by atoms with Crippen LogP contribution in [0.1, 0.15) is 162 Å². The van der Waals surface area contributed by atoms with Crippen LogP contribution < -0.4 is 10.6 Å². The quantitative estimate of drug-likeness (QED) is 0.0311. The van der Waals surface area contributed by atoms with Gasteiger partial charge in [0.1, 0.15) is 12.1 Å². The number of carbonyl (C=O) groups excluding carboxylic acids is 3. The van der Waals surface area contributed by atoms with E-state index >= 15 is 0 Å². The Balaban J connectivity index is 4.20. The molecule has 0 fully saturated rings. The summed E-state index contributed by atoms with van der Waals surface area (Å²) >= 11 is 0. The fourth-order valence-corrected chi connectivity index (χ4v) is 5.26. The Hall–Kier alpha value is -2.94. The SMILES string of the molecule is CC/C=C\C/C=C\C/C=C\CCCCCCCC(=O)OC(CCCCCCCC)CCCCCCC(=O)NCC(=O)NC(CO)C(=O)O. The van der Waals surface area contributed by atoms with E-state index in [1.165, 1.54) is 44.9 Å². The summed E-state index contributed by atoms with van der Waals surface area (Å²) < 4.78 is 5.94. The summed E-state index contributed by atoms with van der Waals surface area (Å²) in [5.74, 6) is -2.36. The summed E-state index contributed by atoms with van der Waals surface area (Å²) in [5.41, 5.74) is 0. The third-order valence-corrected chi connectivity index (χ3v) is 8.15. The van der Waals surface area contributed by atoms with Gasteiger partial charge in [0.05, 0.1) is 13.2 Å². The molecule has 0 aliphatic rings. The Bertz CT molecular complexity index is 916. The molecule has 0 aromatic carbocycles. The van der Waals surface area contributed by atoms with E-state index in [0.717, 1.165) is 83.5 Å². The number of carboxylic acid groups (broad SMARTS) is 1. The normalized spacial score (nSPS) is 12.9. The van der Waals surface area contributed by atoms with Crippen molar-refractivity contribution in [3.05, 3.63) is 36.5 Å². The van der Waals surface area contributed by atoms with Gasteiger partial charge in [-0.05, 0) is 70.6 Å². The number of nitrogens with one attached hydrogen (secondary N) is 2. The Morgan fingerprint density at radius 2 is 1.19 bits per heavy atom. The van der Waals surface area contributed by atoms with Gasteiger partial charge < -0.3 is 25.6 Å². The summed E-state index contributed by atoms with van der Waals surface area (Å²) in [6.07, 6.45) is 36.1. The van der Waals surface area contributed by atoms with Crippen LogP contribution in [0.2, 0.25) is 0 Å². The van der Waals surface area contributed by atoms with Gasteiger partial charge in [-0.2, -0.15) is 0 Å². The van der Waals surface area contributed by atoms with Gasteiger partial charge in [-0.15, -0.1) is 0 Å². The third kappa shape index (κ3) is 30.4. The van der Waals surface area contributed by atoms with E-state index in [4.69, 9.17) is 14.9 Å². The van der Waals surface area contributed by atoms with Crippen molar-refractivity contribution >= 4 is 23.8 Å². The molecule has 0 aromatic heterocycles. The van der Waals surface area contributed by atoms with Gasteiger partial charge in [-0.3, -0.25) is 14.4 Å². The number of carbonyl (C=O) groups is 4. The predicted molar refractivity (Wildman–Crippen MR) is 195 cm³/mol. The van der Waals surface area contributed by atoms with Crippen molar-refractivity contribution < 1.29 is 34.1 Å². The first-order valence-corrected chi connectivity index (χ1v) is 18.9. The van der Waals surface area contributed by atoms with Crippen molar-refractivity contribution in [3.63, 3.8) is 0 Å². The van der Waals surface area contributed by atoms with E-state index in [0.29, 0.717) is 12.8 Å². The highest BCUT2D eigenvalue weighted by Crippen LogP contribution is 2.18. The number of aliphatic hydroxyl groups excluding tert-OH is 1. The first-order valence-electron chi connectivity index (χ1n) is 18.9. The maximum atomic E-state index is 12.6. The van der Waals surface area contributed by atoms with Crippen molar-refractivity contribution in [1.29, 1.82) is 0 Å². The minimum Gasteiger partial charge on any atom is -0.480 e. The fraction of sp³-hybridized carbons (Fsp3) is 0.744. The fourth-order valence-electron chi connectivity index (χ4n) is 5.26. The molecule has 276 valence electrons. The van der Waals surface area contributed by atoms with Gasteiger partial charge >= 0.3 is 11.9 Å². The van der Waals surface area contributed by atoms with Crippen molar-refractivity contribution in [1.82, 2.24) is 10.6 Å². The molecule has 9 heteroatoms. The van der Waals surface area contributed by atoms with Crippen LogP contribution in [0.15, 0.2) is 36.5 Å². The van der Waals surface area contributed by atoms with Gasteiger partial charge in [0.25, 0.3) is 0 Å². The summed E-state index contributed by atoms with van der Waals surface area (Å²) in [6.45, 7) is 3.31. The number of rotatable bonds is 33.